The number of carbonyl (C=O) groups is 1. The zero-order valence-corrected chi connectivity index (χ0v) is 16.9. The van der Waals surface area contributed by atoms with Gasteiger partial charge in [0.15, 0.2) is 0 Å². The lowest BCUT2D eigenvalue weighted by Crippen LogP contribution is -2.47. The minimum atomic E-state index is -1.18. The van der Waals surface area contributed by atoms with Crippen molar-refractivity contribution in [2.45, 2.75) is 65.1 Å². The standard InChI is InChI=1S/C22H28F2N2O2/c1-5-17-7-9-21(27)26(17)13-22(4,28)12-25-15(3)18(10-14(2)23)19-11-16(24)6-8-20(19)25/h6,8,10-11,17,28H,5,7,9,12-13H2,1-4H3/b14-10+. The number of nitrogens with zero attached hydrogens (tertiary/aromatic N) is 2. The van der Waals surface area contributed by atoms with Crippen molar-refractivity contribution in [3.05, 3.63) is 41.1 Å². The molecule has 152 valence electrons. The van der Waals surface area contributed by atoms with Crippen LogP contribution in [0.4, 0.5) is 8.78 Å². The smallest absolute Gasteiger partial charge is 0.222 e. The van der Waals surface area contributed by atoms with E-state index in [1.807, 2.05) is 18.4 Å². The minimum Gasteiger partial charge on any atom is -0.386 e. The van der Waals surface area contributed by atoms with Gasteiger partial charge in [-0.3, -0.25) is 4.79 Å². The highest BCUT2D eigenvalue weighted by molar-refractivity contribution is 5.91. The number of amides is 1. The largest absolute Gasteiger partial charge is 0.386 e. The Balaban J connectivity index is 1.98. The third kappa shape index (κ3) is 3.97. The molecule has 1 aromatic heterocycles. The molecule has 1 N–H and O–H groups in total. The minimum absolute atomic E-state index is 0.0694. The van der Waals surface area contributed by atoms with Crippen molar-refractivity contribution in [3.8, 4) is 0 Å². The van der Waals surface area contributed by atoms with Gasteiger partial charge in [-0.1, -0.05) is 6.92 Å². The maximum absolute atomic E-state index is 13.8. The normalized spacial score (nSPS) is 20.2. The quantitative estimate of drug-likeness (QED) is 0.785. The summed E-state index contributed by atoms with van der Waals surface area (Å²) in [5, 5.41) is 11.7. The molecule has 4 nitrogen and oxygen atoms in total. The molecular formula is C22H28F2N2O2. The van der Waals surface area contributed by atoms with E-state index in [0.717, 1.165) is 24.1 Å². The van der Waals surface area contributed by atoms with E-state index >= 15 is 0 Å². The number of β-amino-alcohol motifs (C(OH)–C–C–N with tert-alkyl or cyclic N) is 1. The molecule has 1 fully saturated rings. The van der Waals surface area contributed by atoms with Crippen LogP contribution in [0.2, 0.25) is 0 Å². The van der Waals surface area contributed by atoms with Crippen LogP contribution in [0.15, 0.2) is 24.0 Å². The zero-order chi connectivity index (χ0) is 20.6. The summed E-state index contributed by atoms with van der Waals surface area (Å²) in [7, 11) is 0. The summed E-state index contributed by atoms with van der Waals surface area (Å²) in [6.07, 6.45) is 3.58. The molecule has 2 atom stereocenters. The Labute approximate surface area is 164 Å². The Morgan fingerprint density at radius 2 is 2.11 bits per heavy atom. The molecule has 1 saturated heterocycles. The van der Waals surface area contributed by atoms with Gasteiger partial charge >= 0.3 is 0 Å². The van der Waals surface area contributed by atoms with Crippen molar-refractivity contribution >= 4 is 22.9 Å². The third-order valence-electron chi connectivity index (χ3n) is 5.61. The fraction of sp³-hybridized carbons (Fsp3) is 0.500. The number of fused-ring (bicyclic) bond motifs is 1. The van der Waals surface area contributed by atoms with E-state index in [-0.39, 0.29) is 30.9 Å². The first kappa shape index (κ1) is 20.5. The first-order valence-electron chi connectivity index (χ1n) is 9.77. The SMILES string of the molecule is CCC1CCC(=O)N1CC(C)(O)Cn1c(C)c(/C=C(\C)F)c2cc(F)ccc21. The summed E-state index contributed by atoms with van der Waals surface area (Å²) in [6.45, 7) is 7.38. The lowest BCUT2D eigenvalue weighted by molar-refractivity contribution is -0.132. The summed E-state index contributed by atoms with van der Waals surface area (Å²) in [5.41, 5.74) is 0.905. The Morgan fingerprint density at radius 1 is 1.39 bits per heavy atom. The Morgan fingerprint density at radius 3 is 2.75 bits per heavy atom. The van der Waals surface area contributed by atoms with Gasteiger partial charge < -0.3 is 14.6 Å². The van der Waals surface area contributed by atoms with Crippen molar-refractivity contribution in [1.82, 2.24) is 9.47 Å². The van der Waals surface area contributed by atoms with Crippen LogP contribution in [0.25, 0.3) is 17.0 Å². The second-order valence-electron chi connectivity index (χ2n) is 8.10. The summed E-state index contributed by atoms with van der Waals surface area (Å²) in [6, 6.07) is 4.55. The van der Waals surface area contributed by atoms with Gasteiger partial charge in [0.1, 0.15) is 5.82 Å². The fourth-order valence-corrected chi connectivity index (χ4v) is 4.26. The molecule has 1 amide bonds. The summed E-state index contributed by atoms with van der Waals surface area (Å²) >= 11 is 0. The van der Waals surface area contributed by atoms with Crippen molar-refractivity contribution in [3.63, 3.8) is 0 Å². The van der Waals surface area contributed by atoms with Crippen molar-refractivity contribution in [2.24, 2.45) is 0 Å². The van der Waals surface area contributed by atoms with Crippen LogP contribution in [0.3, 0.4) is 0 Å². The fourth-order valence-electron chi connectivity index (χ4n) is 4.26. The average Bonchev–Trinajstić information content (AvgIpc) is 3.07. The number of aromatic nitrogens is 1. The zero-order valence-electron chi connectivity index (χ0n) is 16.9. The number of benzene rings is 1. The van der Waals surface area contributed by atoms with E-state index in [2.05, 4.69) is 0 Å². The predicted molar refractivity (Wildman–Crippen MR) is 107 cm³/mol. The number of likely N-dealkylation sites (tertiary alicyclic amines) is 1. The van der Waals surface area contributed by atoms with Gasteiger partial charge in [0.05, 0.1) is 24.5 Å². The molecule has 1 aromatic carbocycles. The number of allylic oxidation sites excluding steroid dienone is 1. The average molecular weight is 390 g/mol. The monoisotopic (exact) mass is 390 g/mol. The molecular weight excluding hydrogens is 362 g/mol. The highest BCUT2D eigenvalue weighted by atomic mass is 19.1. The van der Waals surface area contributed by atoms with E-state index in [1.54, 1.807) is 17.9 Å². The molecule has 28 heavy (non-hydrogen) atoms. The van der Waals surface area contributed by atoms with Crippen LogP contribution < -0.4 is 0 Å². The van der Waals surface area contributed by atoms with E-state index in [1.165, 1.54) is 25.1 Å². The van der Waals surface area contributed by atoms with E-state index in [9.17, 15) is 18.7 Å². The molecule has 0 spiro atoms. The van der Waals surface area contributed by atoms with Crippen molar-refractivity contribution in [1.29, 1.82) is 0 Å². The molecule has 1 aliphatic rings. The van der Waals surface area contributed by atoms with E-state index < -0.39 is 11.4 Å². The second-order valence-corrected chi connectivity index (χ2v) is 8.10. The van der Waals surface area contributed by atoms with Crippen LogP contribution in [0.1, 0.15) is 51.3 Å². The van der Waals surface area contributed by atoms with Crippen LogP contribution in [-0.4, -0.2) is 38.7 Å². The van der Waals surface area contributed by atoms with Gasteiger partial charge in [0.25, 0.3) is 0 Å². The lowest BCUT2D eigenvalue weighted by Gasteiger charge is -2.33. The summed E-state index contributed by atoms with van der Waals surface area (Å²) < 4.78 is 29.3. The summed E-state index contributed by atoms with van der Waals surface area (Å²) in [5.74, 6) is -0.692. The Kier molecular flexibility index (Phi) is 5.62. The number of hydrogen-bond donors (Lipinski definition) is 1. The van der Waals surface area contributed by atoms with Crippen LogP contribution >= 0.6 is 0 Å². The molecule has 0 bridgehead atoms. The van der Waals surface area contributed by atoms with Gasteiger partial charge in [-0.15, -0.1) is 0 Å². The first-order chi connectivity index (χ1) is 13.1. The maximum Gasteiger partial charge on any atom is 0.222 e. The molecule has 2 heterocycles. The van der Waals surface area contributed by atoms with Crippen LogP contribution in [0, 0.1) is 12.7 Å². The van der Waals surface area contributed by atoms with E-state index in [4.69, 9.17) is 0 Å². The lowest BCUT2D eigenvalue weighted by atomic mass is 10.0. The highest BCUT2D eigenvalue weighted by Gasteiger charge is 2.35. The third-order valence-corrected chi connectivity index (χ3v) is 5.61. The number of aliphatic hydroxyl groups is 1. The molecule has 1 aliphatic heterocycles. The van der Waals surface area contributed by atoms with Crippen LogP contribution in [0.5, 0.6) is 0 Å². The van der Waals surface area contributed by atoms with Crippen molar-refractivity contribution < 1.29 is 18.7 Å². The van der Waals surface area contributed by atoms with Gasteiger partial charge in [-0.2, -0.15) is 0 Å². The maximum atomic E-state index is 13.8. The molecule has 2 unspecified atom stereocenters. The highest BCUT2D eigenvalue weighted by Crippen LogP contribution is 2.31. The summed E-state index contributed by atoms with van der Waals surface area (Å²) in [4.78, 5) is 14.0. The van der Waals surface area contributed by atoms with Crippen LogP contribution in [-0.2, 0) is 11.3 Å². The molecule has 0 saturated carbocycles. The van der Waals surface area contributed by atoms with Gasteiger partial charge in [-0.05, 0) is 57.9 Å². The Hall–Kier alpha value is -2.21. The van der Waals surface area contributed by atoms with Gasteiger partial charge in [0, 0.05) is 34.6 Å². The van der Waals surface area contributed by atoms with Gasteiger partial charge in [-0.25, -0.2) is 8.78 Å². The van der Waals surface area contributed by atoms with Crippen molar-refractivity contribution in [2.75, 3.05) is 6.54 Å². The number of rotatable bonds is 6. The molecule has 6 heteroatoms. The molecule has 0 aliphatic carbocycles. The molecule has 0 radical (unpaired) electrons. The number of hydrogen-bond acceptors (Lipinski definition) is 2. The first-order valence-corrected chi connectivity index (χ1v) is 9.77. The second kappa shape index (κ2) is 7.66. The molecule has 3 rings (SSSR count). The number of halogens is 2. The Bertz CT molecular complexity index is 926. The predicted octanol–water partition coefficient (Wildman–Crippen LogP) is 4.57. The topological polar surface area (TPSA) is 45.5 Å². The molecule has 2 aromatic rings. The van der Waals surface area contributed by atoms with Gasteiger partial charge in [0.2, 0.25) is 5.91 Å². The van der Waals surface area contributed by atoms with E-state index in [0.29, 0.717) is 17.4 Å². The number of carbonyl (C=O) groups excluding carboxylic acids is 1.